The van der Waals surface area contributed by atoms with Gasteiger partial charge in [0.1, 0.15) is 0 Å². The Balaban J connectivity index is 1.49. The number of benzene rings is 3. The minimum Gasteiger partial charge on any atom is -0.493 e. The first kappa shape index (κ1) is 26.1. The van der Waals surface area contributed by atoms with Gasteiger partial charge < -0.3 is 14.2 Å². The number of rotatable bonds is 10. The lowest BCUT2D eigenvalue weighted by molar-refractivity contribution is -0.118. The van der Waals surface area contributed by atoms with E-state index < -0.39 is 0 Å². The number of nitrogens with one attached hydrogen (secondary N) is 1. The predicted molar refractivity (Wildman–Crippen MR) is 144 cm³/mol. The molecule has 190 valence electrons. The summed E-state index contributed by atoms with van der Waals surface area (Å²) in [5.41, 5.74) is 4.87. The molecule has 0 radical (unpaired) electrons. The Morgan fingerprint density at radius 3 is 2.38 bits per heavy atom. The largest absolute Gasteiger partial charge is 0.493 e. The summed E-state index contributed by atoms with van der Waals surface area (Å²) in [6, 6.07) is 20.5. The lowest BCUT2D eigenvalue weighted by atomic mass is 10.2. The molecule has 1 aromatic heterocycles. The van der Waals surface area contributed by atoms with Gasteiger partial charge in [0.2, 0.25) is 5.75 Å². The minimum atomic E-state index is -0.309. The number of para-hydroxylation sites is 1. The number of methoxy groups -OCH3 is 3. The van der Waals surface area contributed by atoms with Gasteiger partial charge in [-0.15, -0.1) is 10.2 Å². The molecular weight excluding hydrogens is 514 g/mol. The molecular formula is C26H24ClN5O4S. The Morgan fingerprint density at radius 1 is 0.973 bits per heavy atom. The van der Waals surface area contributed by atoms with Crippen molar-refractivity contribution in [1.82, 2.24) is 20.2 Å². The number of hydrazone groups is 1. The van der Waals surface area contributed by atoms with Crippen molar-refractivity contribution in [2.45, 2.75) is 5.16 Å². The molecule has 1 heterocycles. The van der Waals surface area contributed by atoms with Crippen LogP contribution in [0.3, 0.4) is 0 Å². The second kappa shape index (κ2) is 12.3. The second-order valence-corrected chi connectivity index (χ2v) is 8.87. The summed E-state index contributed by atoms with van der Waals surface area (Å²) in [4.78, 5) is 12.6. The highest BCUT2D eigenvalue weighted by Gasteiger charge is 2.18. The van der Waals surface area contributed by atoms with Crippen LogP contribution in [0.15, 0.2) is 77.0 Å². The first-order chi connectivity index (χ1) is 18.0. The molecule has 0 aliphatic heterocycles. The van der Waals surface area contributed by atoms with E-state index in [1.54, 1.807) is 31.4 Å². The molecule has 0 aliphatic rings. The monoisotopic (exact) mass is 537 g/mol. The van der Waals surface area contributed by atoms with E-state index in [1.807, 2.05) is 47.0 Å². The number of carbonyl (C=O) groups is 1. The Labute approximate surface area is 223 Å². The van der Waals surface area contributed by atoms with Crippen molar-refractivity contribution in [3.8, 4) is 34.3 Å². The number of amides is 1. The summed E-state index contributed by atoms with van der Waals surface area (Å²) < 4.78 is 18.0. The SMILES string of the molecule is COc1ccc(/C=N\NC(=O)CSc2nnc(-c3ccc(Cl)cc3)n2-c2ccccc2)c(OC)c1OC. The van der Waals surface area contributed by atoms with Crippen molar-refractivity contribution in [3.05, 3.63) is 77.3 Å². The minimum absolute atomic E-state index is 0.0754. The van der Waals surface area contributed by atoms with Gasteiger partial charge in [-0.25, -0.2) is 5.43 Å². The maximum Gasteiger partial charge on any atom is 0.250 e. The number of carbonyl (C=O) groups excluding carboxylic acids is 1. The van der Waals surface area contributed by atoms with Crippen LogP contribution in [-0.2, 0) is 4.79 Å². The smallest absolute Gasteiger partial charge is 0.250 e. The zero-order valence-electron chi connectivity index (χ0n) is 20.3. The number of hydrogen-bond acceptors (Lipinski definition) is 8. The summed E-state index contributed by atoms with van der Waals surface area (Å²) in [6.07, 6.45) is 1.48. The fourth-order valence-corrected chi connectivity index (χ4v) is 4.39. The third kappa shape index (κ3) is 6.04. The highest BCUT2D eigenvalue weighted by atomic mass is 35.5. The van der Waals surface area contributed by atoms with Crippen LogP contribution in [0.1, 0.15) is 5.56 Å². The van der Waals surface area contributed by atoms with E-state index in [1.165, 1.54) is 32.2 Å². The molecule has 37 heavy (non-hydrogen) atoms. The van der Waals surface area contributed by atoms with E-state index in [9.17, 15) is 4.79 Å². The lowest BCUT2D eigenvalue weighted by Gasteiger charge is -2.13. The topological polar surface area (TPSA) is 99.9 Å². The molecule has 0 spiro atoms. The molecule has 11 heteroatoms. The van der Waals surface area contributed by atoms with E-state index in [0.29, 0.717) is 38.8 Å². The van der Waals surface area contributed by atoms with Gasteiger partial charge in [0.05, 0.1) is 33.3 Å². The van der Waals surface area contributed by atoms with Gasteiger partial charge in [-0.05, 0) is 48.5 Å². The summed E-state index contributed by atoms with van der Waals surface area (Å²) in [6.45, 7) is 0. The number of hydrogen-bond donors (Lipinski definition) is 1. The van der Waals surface area contributed by atoms with E-state index in [4.69, 9.17) is 25.8 Å². The van der Waals surface area contributed by atoms with Crippen molar-refractivity contribution >= 4 is 35.5 Å². The van der Waals surface area contributed by atoms with Crippen molar-refractivity contribution < 1.29 is 19.0 Å². The van der Waals surface area contributed by atoms with Crippen LogP contribution >= 0.6 is 23.4 Å². The van der Waals surface area contributed by atoms with Crippen LogP contribution in [0.4, 0.5) is 0 Å². The summed E-state index contributed by atoms with van der Waals surface area (Å²) in [5, 5.41) is 14.0. The van der Waals surface area contributed by atoms with Crippen molar-refractivity contribution in [3.63, 3.8) is 0 Å². The van der Waals surface area contributed by atoms with Gasteiger partial charge >= 0.3 is 0 Å². The van der Waals surface area contributed by atoms with Crippen LogP contribution < -0.4 is 19.6 Å². The number of nitrogens with zero attached hydrogens (tertiary/aromatic N) is 4. The van der Waals surface area contributed by atoms with E-state index in [-0.39, 0.29) is 11.7 Å². The van der Waals surface area contributed by atoms with Gasteiger partial charge in [0.25, 0.3) is 5.91 Å². The fraction of sp³-hybridized carbons (Fsp3) is 0.154. The van der Waals surface area contributed by atoms with Gasteiger partial charge in [0.15, 0.2) is 22.5 Å². The lowest BCUT2D eigenvalue weighted by Crippen LogP contribution is -2.20. The average molecular weight is 538 g/mol. The maximum atomic E-state index is 12.6. The molecule has 1 amide bonds. The van der Waals surface area contributed by atoms with E-state index in [0.717, 1.165) is 11.3 Å². The number of aromatic nitrogens is 3. The summed E-state index contributed by atoms with van der Waals surface area (Å²) >= 11 is 7.30. The zero-order valence-corrected chi connectivity index (χ0v) is 21.9. The molecule has 3 aromatic carbocycles. The second-order valence-electron chi connectivity index (χ2n) is 7.49. The number of thioether (sulfide) groups is 1. The quantitative estimate of drug-likeness (QED) is 0.175. The molecule has 0 saturated heterocycles. The highest BCUT2D eigenvalue weighted by molar-refractivity contribution is 7.99. The Bertz CT molecular complexity index is 1390. The normalized spacial score (nSPS) is 10.9. The molecule has 0 bridgehead atoms. The number of ether oxygens (including phenoxy) is 3. The molecule has 4 aromatic rings. The Kier molecular flexibility index (Phi) is 8.65. The van der Waals surface area contributed by atoms with Crippen molar-refractivity contribution in [1.29, 1.82) is 0 Å². The third-order valence-corrected chi connectivity index (χ3v) is 6.39. The Morgan fingerprint density at radius 2 is 1.70 bits per heavy atom. The first-order valence-electron chi connectivity index (χ1n) is 11.1. The van der Waals surface area contributed by atoms with Crippen molar-refractivity contribution in [2.75, 3.05) is 27.1 Å². The van der Waals surface area contributed by atoms with Crippen LogP contribution in [-0.4, -0.2) is 54.0 Å². The third-order valence-electron chi connectivity index (χ3n) is 5.21. The van der Waals surface area contributed by atoms with E-state index >= 15 is 0 Å². The number of halogens is 1. The molecule has 0 saturated carbocycles. The predicted octanol–water partition coefficient (Wildman–Crippen LogP) is 4.86. The maximum absolute atomic E-state index is 12.6. The zero-order chi connectivity index (χ0) is 26.2. The average Bonchev–Trinajstić information content (AvgIpc) is 3.36. The fourth-order valence-electron chi connectivity index (χ4n) is 3.52. The van der Waals surface area contributed by atoms with Crippen LogP contribution in [0.25, 0.3) is 17.1 Å². The summed E-state index contributed by atoms with van der Waals surface area (Å²) in [7, 11) is 4.58. The molecule has 0 atom stereocenters. The Hall–Kier alpha value is -4.02. The summed E-state index contributed by atoms with van der Waals surface area (Å²) in [5.74, 6) is 1.82. The van der Waals surface area contributed by atoms with E-state index in [2.05, 4.69) is 20.7 Å². The van der Waals surface area contributed by atoms with Gasteiger partial charge in [0, 0.05) is 21.8 Å². The highest BCUT2D eigenvalue weighted by Crippen LogP contribution is 2.39. The molecule has 4 rings (SSSR count). The first-order valence-corrected chi connectivity index (χ1v) is 12.4. The van der Waals surface area contributed by atoms with Gasteiger partial charge in [-0.2, -0.15) is 5.10 Å². The van der Waals surface area contributed by atoms with Crippen LogP contribution in [0.2, 0.25) is 5.02 Å². The van der Waals surface area contributed by atoms with Crippen LogP contribution in [0.5, 0.6) is 17.2 Å². The van der Waals surface area contributed by atoms with Crippen molar-refractivity contribution in [2.24, 2.45) is 5.10 Å². The standard InChI is InChI=1S/C26H24ClN5O4S/c1-34-21-14-11-18(23(35-2)24(21)36-3)15-28-29-22(33)16-37-26-31-30-25(17-9-12-19(27)13-10-17)32(26)20-7-5-4-6-8-20/h4-15H,16H2,1-3H3,(H,29,33)/b28-15-. The van der Waals surface area contributed by atoms with Gasteiger partial charge in [-0.1, -0.05) is 41.6 Å². The molecule has 1 N–H and O–H groups in total. The molecule has 0 unspecified atom stereocenters. The van der Waals surface area contributed by atoms with Crippen LogP contribution in [0, 0.1) is 0 Å². The molecule has 9 nitrogen and oxygen atoms in total. The molecule has 0 fully saturated rings. The molecule has 0 aliphatic carbocycles. The van der Waals surface area contributed by atoms with Gasteiger partial charge in [-0.3, -0.25) is 9.36 Å².